The monoisotopic (exact) mass is 393 g/mol. The van der Waals surface area contributed by atoms with Crippen LogP contribution in [0.25, 0.3) is 0 Å². The highest BCUT2D eigenvalue weighted by molar-refractivity contribution is 5.98. The number of alkyl halides is 3. The molecule has 0 atom stereocenters. The third-order valence-corrected chi connectivity index (χ3v) is 4.68. The van der Waals surface area contributed by atoms with Gasteiger partial charge >= 0.3 is 6.18 Å². The van der Waals surface area contributed by atoms with Crippen molar-refractivity contribution in [3.63, 3.8) is 0 Å². The van der Waals surface area contributed by atoms with Crippen LogP contribution in [0.15, 0.2) is 48.5 Å². The Morgan fingerprint density at radius 2 is 1.61 bits per heavy atom. The number of nitro groups is 1. The first-order valence-electron chi connectivity index (χ1n) is 8.67. The van der Waals surface area contributed by atoms with Crippen molar-refractivity contribution in [3.05, 3.63) is 75.3 Å². The molecule has 0 bridgehead atoms. The summed E-state index contributed by atoms with van der Waals surface area (Å²) in [6.45, 7) is 2.34. The molecule has 1 saturated heterocycles. The molecule has 0 saturated carbocycles. The fraction of sp³-hybridized carbons (Fsp3) is 0.316. The molecular formula is C19H18F3N3O3. The van der Waals surface area contributed by atoms with E-state index in [1.165, 1.54) is 30.3 Å². The zero-order valence-electron chi connectivity index (χ0n) is 14.9. The maximum Gasteiger partial charge on any atom is 0.416 e. The van der Waals surface area contributed by atoms with Crippen molar-refractivity contribution >= 4 is 11.6 Å². The van der Waals surface area contributed by atoms with Crippen molar-refractivity contribution in [1.82, 2.24) is 9.80 Å². The van der Waals surface area contributed by atoms with Gasteiger partial charge in [-0.25, -0.2) is 0 Å². The van der Waals surface area contributed by atoms with E-state index in [1.54, 1.807) is 11.0 Å². The number of nitro benzene ring substituents is 1. The molecule has 2 aromatic rings. The quantitative estimate of drug-likeness (QED) is 0.588. The lowest BCUT2D eigenvalue weighted by atomic mass is 10.1. The first kappa shape index (κ1) is 19.8. The predicted molar refractivity (Wildman–Crippen MR) is 95.7 cm³/mol. The smallest absolute Gasteiger partial charge is 0.336 e. The molecule has 1 heterocycles. The minimum Gasteiger partial charge on any atom is -0.336 e. The normalized spacial score (nSPS) is 15.5. The number of hydrogen-bond acceptors (Lipinski definition) is 4. The van der Waals surface area contributed by atoms with Crippen LogP contribution in [-0.4, -0.2) is 46.8 Å². The van der Waals surface area contributed by atoms with Gasteiger partial charge in [0.2, 0.25) is 0 Å². The number of rotatable bonds is 4. The van der Waals surface area contributed by atoms with Gasteiger partial charge in [-0.2, -0.15) is 13.2 Å². The molecule has 148 valence electrons. The Hall–Kier alpha value is -2.94. The van der Waals surface area contributed by atoms with E-state index in [1.807, 2.05) is 4.90 Å². The molecule has 1 aliphatic heterocycles. The molecule has 9 heteroatoms. The lowest BCUT2D eigenvalue weighted by Crippen LogP contribution is -2.48. The van der Waals surface area contributed by atoms with Crippen LogP contribution in [0, 0.1) is 10.1 Å². The number of nitrogens with zero attached hydrogens (tertiary/aromatic N) is 3. The van der Waals surface area contributed by atoms with Gasteiger partial charge in [-0.3, -0.25) is 19.8 Å². The van der Waals surface area contributed by atoms with Crippen LogP contribution in [0.4, 0.5) is 18.9 Å². The van der Waals surface area contributed by atoms with Gasteiger partial charge in [0.05, 0.1) is 10.5 Å². The van der Waals surface area contributed by atoms with Crippen molar-refractivity contribution in [2.24, 2.45) is 0 Å². The van der Waals surface area contributed by atoms with Crippen LogP contribution in [0.3, 0.4) is 0 Å². The summed E-state index contributed by atoms with van der Waals surface area (Å²) in [5.41, 5.74) is -0.0917. The van der Waals surface area contributed by atoms with Gasteiger partial charge in [0.25, 0.3) is 11.6 Å². The molecule has 0 unspecified atom stereocenters. The van der Waals surface area contributed by atoms with Crippen LogP contribution < -0.4 is 0 Å². The molecule has 6 nitrogen and oxygen atoms in total. The maximum atomic E-state index is 12.6. The molecule has 2 aromatic carbocycles. The molecule has 1 amide bonds. The Morgan fingerprint density at radius 3 is 2.18 bits per heavy atom. The zero-order chi connectivity index (χ0) is 20.3. The van der Waals surface area contributed by atoms with Gasteiger partial charge in [-0.15, -0.1) is 0 Å². The number of piperazine rings is 1. The molecule has 1 fully saturated rings. The van der Waals surface area contributed by atoms with Crippen molar-refractivity contribution in [1.29, 1.82) is 0 Å². The van der Waals surface area contributed by atoms with E-state index in [0.29, 0.717) is 32.7 Å². The maximum absolute atomic E-state index is 12.6. The first-order chi connectivity index (χ1) is 13.3. The Balaban J connectivity index is 1.59. The summed E-state index contributed by atoms with van der Waals surface area (Å²) in [6, 6.07) is 10.9. The topological polar surface area (TPSA) is 66.7 Å². The van der Waals surface area contributed by atoms with Crippen molar-refractivity contribution in [3.8, 4) is 0 Å². The summed E-state index contributed by atoms with van der Waals surface area (Å²) >= 11 is 0. The fourth-order valence-electron chi connectivity index (χ4n) is 3.15. The lowest BCUT2D eigenvalue weighted by Gasteiger charge is -2.34. The van der Waals surface area contributed by atoms with E-state index in [0.717, 1.165) is 17.7 Å². The number of carbonyl (C=O) groups excluding carboxylic acids is 1. The molecule has 1 aliphatic rings. The molecule has 0 aromatic heterocycles. The lowest BCUT2D eigenvalue weighted by molar-refractivity contribution is -0.385. The minimum atomic E-state index is -4.36. The minimum absolute atomic E-state index is 0.0590. The molecule has 0 spiro atoms. The predicted octanol–water partition coefficient (Wildman–Crippen LogP) is 3.57. The van der Waals surface area contributed by atoms with E-state index in [4.69, 9.17) is 0 Å². The van der Waals surface area contributed by atoms with Gasteiger partial charge in [-0.05, 0) is 23.8 Å². The second-order valence-electron chi connectivity index (χ2n) is 6.54. The second-order valence-corrected chi connectivity index (χ2v) is 6.54. The zero-order valence-corrected chi connectivity index (χ0v) is 14.9. The van der Waals surface area contributed by atoms with Crippen LogP contribution in [0.1, 0.15) is 21.5 Å². The summed E-state index contributed by atoms with van der Waals surface area (Å²) in [5, 5.41) is 11.1. The van der Waals surface area contributed by atoms with E-state index in [-0.39, 0.29) is 17.2 Å². The van der Waals surface area contributed by atoms with E-state index in [2.05, 4.69) is 0 Å². The van der Waals surface area contributed by atoms with Gasteiger partial charge in [0.1, 0.15) is 5.56 Å². The summed E-state index contributed by atoms with van der Waals surface area (Å²) < 4.78 is 37.9. The number of amides is 1. The van der Waals surface area contributed by atoms with E-state index >= 15 is 0 Å². The molecule has 0 N–H and O–H groups in total. The van der Waals surface area contributed by atoms with Crippen molar-refractivity contribution in [2.45, 2.75) is 12.7 Å². The van der Waals surface area contributed by atoms with Crippen molar-refractivity contribution < 1.29 is 22.9 Å². The molecule has 0 aliphatic carbocycles. The molecule has 28 heavy (non-hydrogen) atoms. The van der Waals surface area contributed by atoms with Crippen LogP contribution in [-0.2, 0) is 12.7 Å². The Labute approximate surface area is 159 Å². The highest BCUT2D eigenvalue weighted by Crippen LogP contribution is 2.29. The average Bonchev–Trinajstić information content (AvgIpc) is 2.68. The Kier molecular flexibility index (Phi) is 5.64. The SMILES string of the molecule is O=C(c1ccccc1[N+](=O)[O-])N1CCN(Cc2ccc(C(F)(F)F)cc2)CC1. The van der Waals surface area contributed by atoms with Crippen LogP contribution in [0.5, 0.6) is 0 Å². The first-order valence-corrected chi connectivity index (χ1v) is 8.67. The number of benzene rings is 2. The van der Waals surface area contributed by atoms with E-state index in [9.17, 15) is 28.1 Å². The summed E-state index contributed by atoms with van der Waals surface area (Å²) in [6.07, 6.45) is -4.36. The van der Waals surface area contributed by atoms with Gasteiger partial charge in [0.15, 0.2) is 0 Å². The van der Waals surface area contributed by atoms with Gasteiger partial charge in [-0.1, -0.05) is 24.3 Å². The highest BCUT2D eigenvalue weighted by Gasteiger charge is 2.30. The summed E-state index contributed by atoms with van der Waals surface area (Å²) in [5.74, 6) is -0.388. The average molecular weight is 393 g/mol. The van der Waals surface area contributed by atoms with Crippen molar-refractivity contribution in [2.75, 3.05) is 26.2 Å². The molecule has 0 radical (unpaired) electrons. The van der Waals surface area contributed by atoms with Crippen LogP contribution in [0.2, 0.25) is 0 Å². The highest BCUT2D eigenvalue weighted by atomic mass is 19.4. The fourth-order valence-corrected chi connectivity index (χ4v) is 3.15. The largest absolute Gasteiger partial charge is 0.416 e. The second kappa shape index (κ2) is 7.97. The van der Waals surface area contributed by atoms with Crippen LogP contribution >= 0.6 is 0 Å². The molecule has 3 rings (SSSR count). The molecular weight excluding hydrogens is 375 g/mol. The summed E-state index contributed by atoms with van der Waals surface area (Å²) in [4.78, 5) is 26.7. The number of para-hydroxylation sites is 1. The number of hydrogen-bond donors (Lipinski definition) is 0. The standard InChI is InChI=1S/C19H18F3N3O3/c20-19(21,22)15-7-5-14(6-8-15)13-23-9-11-24(12-10-23)18(26)16-3-1-2-4-17(16)25(27)28/h1-8H,9-13H2. The third-order valence-electron chi connectivity index (χ3n) is 4.68. The van der Waals surface area contributed by atoms with Gasteiger partial charge in [0, 0.05) is 38.8 Å². The Morgan fingerprint density at radius 1 is 1.00 bits per heavy atom. The summed E-state index contributed by atoms with van der Waals surface area (Å²) in [7, 11) is 0. The van der Waals surface area contributed by atoms with Gasteiger partial charge < -0.3 is 4.90 Å². The number of halogens is 3. The Bertz CT molecular complexity index is 861. The van der Waals surface area contributed by atoms with E-state index < -0.39 is 16.7 Å². The third kappa shape index (κ3) is 4.48. The number of carbonyl (C=O) groups is 1.